The van der Waals surface area contributed by atoms with E-state index in [0.717, 1.165) is 0 Å². The van der Waals surface area contributed by atoms with Gasteiger partial charge in [-0.25, -0.2) is 0 Å². The van der Waals surface area contributed by atoms with Crippen LogP contribution in [0.25, 0.3) is 0 Å². The van der Waals surface area contributed by atoms with Crippen LogP contribution in [0.3, 0.4) is 0 Å². The van der Waals surface area contributed by atoms with E-state index in [0.29, 0.717) is 0 Å². The summed E-state index contributed by atoms with van der Waals surface area (Å²) < 4.78 is 5.18. The first-order valence-corrected chi connectivity index (χ1v) is 5.25. The molecular formula is C13H18O2. The highest BCUT2D eigenvalue weighted by atomic mass is 16.5. The minimum absolute atomic E-state index is 0.0800. The second-order valence-corrected chi connectivity index (χ2v) is 3.96. The summed E-state index contributed by atoms with van der Waals surface area (Å²) in [6.07, 6.45) is -0.0800. The Bertz CT molecular complexity index is 344. The summed E-state index contributed by atoms with van der Waals surface area (Å²) in [5, 5.41) is 0. The molecule has 2 atom stereocenters. The van der Waals surface area contributed by atoms with Crippen LogP contribution < -0.4 is 0 Å². The monoisotopic (exact) mass is 206 g/mol. The Kier molecular flexibility index (Phi) is 3.89. The van der Waals surface area contributed by atoms with Crippen LogP contribution in [-0.2, 0) is 9.53 Å². The van der Waals surface area contributed by atoms with E-state index in [1.165, 1.54) is 18.1 Å². The van der Waals surface area contributed by atoms with Gasteiger partial charge in [0.1, 0.15) is 6.10 Å². The van der Waals surface area contributed by atoms with Gasteiger partial charge in [0.2, 0.25) is 0 Å². The summed E-state index contributed by atoms with van der Waals surface area (Å²) in [5.41, 5.74) is 2.48. The first kappa shape index (κ1) is 11.8. The third-order valence-corrected chi connectivity index (χ3v) is 2.74. The van der Waals surface area contributed by atoms with E-state index in [4.69, 9.17) is 4.74 Å². The molecule has 1 aromatic carbocycles. The molecule has 0 N–H and O–H groups in total. The maximum Gasteiger partial charge on any atom is 0.302 e. The summed E-state index contributed by atoms with van der Waals surface area (Å²) in [6.45, 7) is 7.53. The molecule has 82 valence electrons. The van der Waals surface area contributed by atoms with E-state index in [2.05, 4.69) is 26.0 Å². The number of benzene rings is 1. The number of hydrogen-bond acceptors (Lipinski definition) is 2. The number of ether oxygens (including phenoxy) is 1. The van der Waals surface area contributed by atoms with Crippen molar-refractivity contribution < 1.29 is 9.53 Å². The van der Waals surface area contributed by atoms with Gasteiger partial charge in [0.15, 0.2) is 0 Å². The van der Waals surface area contributed by atoms with Crippen LogP contribution in [-0.4, -0.2) is 12.1 Å². The van der Waals surface area contributed by atoms with Crippen LogP contribution in [0.15, 0.2) is 24.3 Å². The number of aryl methyl sites for hydroxylation is 1. The molecule has 0 amide bonds. The Morgan fingerprint density at radius 3 is 2.40 bits per heavy atom. The SMILES string of the molecule is CC(=O)O[C@H](C)[C@H](C)c1ccccc1C. The Morgan fingerprint density at radius 2 is 1.87 bits per heavy atom. The van der Waals surface area contributed by atoms with E-state index >= 15 is 0 Å². The summed E-state index contributed by atoms with van der Waals surface area (Å²) >= 11 is 0. The maximum absolute atomic E-state index is 10.9. The molecule has 15 heavy (non-hydrogen) atoms. The largest absolute Gasteiger partial charge is 0.462 e. The first-order valence-electron chi connectivity index (χ1n) is 5.25. The molecule has 2 heteroatoms. The Labute approximate surface area is 91.3 Å². The van der Waals surface area contributed by atoms with Crippen molar-refractivity contribution in [1.29, 1.82) is 0 Å². The molecular weight excluding hydrogens is 188 g/mol. The highest BCUT2D eigenvalue weighted by Crippen LogP contribution is 2.24. The van der Waals surface area contributed by atoms with Crippen molar-refractivity contribution in [1.82, 2.24) is 0 Å². The molecule has 0 saturated carbocycles. The van der Waals surface area contributed by atoms with E-state index in [1.807, 2.05) is 19.1 Å². The molecule has 0 aliphatic heterocycles. The minimum atomic E-state index is -0.220. The molecule has 0 unspecified atom stereocenters. The summed E-state index contributed by atoms with van der Waals surface area (Å²) in [7, 11) is 0. The molecule has 1 aromatic rings. The van der Waals surface area contributed by atoms with Crippen molar-refractivity contribution in [3.05, 3.63) is 35.4 Å². The van der Waals surface area contributed by atoms with Crippen LogP contribution in [0.2, 0.25) is 0 Å². The van der Waals surface area contributed by atoms with E-state index < -0.39 is 0 Å². The summed E-state index contributed by atoms with van der Waals surface area (Å²) in [5.74, 6) is 0.0121. The quantitative estimate of drug-likeness (QED) is 0.710. The molecule has 0 bridgehead atoms. The topological polar surface area (TPSA) is 26.3 Å². The van der Waals surface area contributed by atoms with Gasteiger partial charge >= 0.3 is 5.97 Å². The molecule has 0 saturated heterocycles. The maximum atomic E-state index is 10.9. The third-order valence-electron chi connectivity index (χ3n) is 2.74. The average molecular weight is 206 g/mol. The van der Waals surface area contributed by atoms with Gasteiger partial charge in [0.05, 0.1) is 0 Å². The van der Waals surface area contributed by atoms with Crippen LogP contribution in [0.5, 0.6) is 0 Å². The first-order chi connectivity index (χ1) is 7.02. The van der Waals surface area contributed by atoms with Crippen molar-refractivity contribution >= 4 is 5.97 Å². The minimum Gasteiger partial charge on any atom is -0.462 e. The molecule has 0 aromatic heterocycles. The predicted octanol–water partition coefficient (Wildman–Crippen LogP) is 3.05. The van der Waals surface area contributed by atoms with Crippen molar-refractivity contribution in [2.45, 2.75) is 39.7 Å². The molecule has 2 nitrogen and oxygen atoms in total. The highest BCUT2D eigenvalue weighted by Gasteiger charge is 2.17. The standard InChI is InChI=1S/C13H18O2/c1-9-7-5-6-8-13(9)10(2)11(3)15-12(4)14/h5-8,10-11H,1-4H3/t10-,11+/m0/s1. The Hall–Kier alpha value is -1.31. The lowest BCUT2D eigenvalue weighted by atomic mass is 9.92. The summed E-state index contributed by atoms with van der Waals surface area (Å²) in [6, 6.07) is 8.19. The average Bonchev–Trinajstić information content (AvgIpc) is 2.16. The van der Waals surface area contributed by atoms with Crippen molar-refractivity contribution in [3.8, 4) is 0 Å². The Morgan fingerprint density at radius 1 is 1.27 bits per heavy atom. The molecule has 0 aliphatic rings. The van der Waals surface area contributed by atoms with Crippen LogP contribution in [0.1, 0.15) is 37.8 Å². The molecule has 0 radical (unpaired) electrons. The third kappa shape index (κ3) is 3.08. The number of carbonyl (C=O) groups excluding carboxylic acids is 1. The zero-order chi connectivity index (χ0) is 11.4. The van der Waals surface area contributed by atoms with Crippen molar-refractivity contribution in [2.75, 3.05) is 0 Å². The summed E-state index contributed by atoms with van der Waals surface area (Å²) in [4.78, 5) is 10.9. The van der Waals surface area contributed by atoms with Gasteiger partial charge in [-0.2, -0.15) is 0 Å². The zero-order valence-corrected chi connectivity index (χ0v) is 9.78. The molecule has 0 heterocycles. The van der Waals surface area contributed by atoms with Crippen LogP contribution in [0, 0.1) is 6.92 Å². The molecule has 1 rings (SSSR count). The van der Waals surface area contributed by atoms with Crippen LogP contribution >= 0.6 is 0 Å². The molecule has 0 spiro atoms. The lowest BCUT2D eigenvalue weighted by Gasteiger charge is -2.21. The number of hydrogen-bond donors (Lipinski definition) is 0. The van der Waals surface area contributed by atoms with Gasteiger partial charge in [0, 0.05) is 12.8 Å². The molecule has 0 aliphatic carbocycles. The zero-order valence-electron chi connectivity index (χ0n) is 9.78. The lowest BCUT2D eigenvalue weighted by molar-refractivity contribution is -0.146. The van der Waals surface area contributed by atoms with Gasteiger partial charge in [-0.1, -0.05) is 31.2 Å². The fourth-order valence-electron chi connectivity index (χ4n) is 1.71. The van der Waals surface area contributed by atoms with Gasteiger partial charge in [-0.05, 0) is 25.0 Å². The van der Waals surface area contributed by atoms with Crippen molar-refractivity contribution in [2.24, 2.45) is 0 Å². The van der Waals surface area contributed by atoms with Crippen LogP contribution in [0.4, 0.5) is 0 Å². The van der Waals surface area contributed by atoms with Gasteiger partial charge in [-0.15, -0.1) is 0 Å². The highest BCUT2D eigenvalue weighted by molar-refractivity contribution is 5.66. The molecule has 0 fully saturated rings. The second kappa shape index (κ2) is 4.96. The van der Waals surface area contributed by atoms with E-state index in [-0.39, 0.29) is 18.0 Å². The normalized spacial score (nSPS) is 14.4. The van der Waals surface area contributed by atoms with Crippen molar-refractivity contribution in [3.63, 3.8) is 0 Å². The fraction of sp³-hybridized carbons (Fsp3) is 0.462. The smallest absolute Gasteiger partial charge is 0.302 e. The lowest BCUT2D eigenvalue weighted by Crippen LogP contribution is -2.19. The second-order valence-electron chi connectivity index (χ2n) is 3.96. The number of esters is 1. The van der Waals surface area contributed by atoms with Gasteiger partial charge in [-0.3, -0.25) is 4.79 Å². The number of carbonyl (C=O) groups is 1. The van der Waals surface area contributed by atoms with E-state index in [1.54, 1.807) is 0 Å². The fourth-order valence-corrected chi connectivity index (χ4v) is 1.71. The Balaban J connectivity index is 2.80. The predicted molar refractivity (Wildman–Crippen MR) is 60.8 cm³/mol. The van der Waals surface area contributed by atoms with Gasteiger partial charge < -0.3 is 4.74 Å². The number of rotatable bonds is 3. The van der Waals surface area contributed by atoms with Gasteiger partial charge in [0.25, 0.3) is 0 Å². The van der Waals surface area contributed by atoms with E-state index in [9.17, 15) is 4.79 Å².